The van der Waals surface area contributed by atoms with Crippen molar-refractivity contribution in [1.82, 2.24) is 20.1 Å². The van der Waals surface area contributed by atoms with Gasteiger partial charge in [0.25, 0.3) is 5.91 Å². The van der Waals surface area contributed by atoms with Gasteiger partial charge in [-0.2, -0.15) is 5.10 Å². The van der Waals surface area contributed by atoms with Gasteiger partial charge in [-0.15, -0.1) is 0 Å². The lowest BCUT2D eigenvalue weighted by Crippen LogP contribution is -2.31. The van der Waals surface area contributed by atoms with Crippen LogP contribution in [0.4, 0.5) is 0 Å². The molecule has 6 heteroatoms. The Bertz CT molecular complexity index is 616. The van der Waals surface area contributed by atoms with Crippen molar-refractivity contribution < 1.29 is 9.53 Å². The zero-order valence-electron chi connectivity index (χ0n) is 12.8. The van der Waals surface area contributed by atoms with E-state index in [1.54, 1.807) is 11.9 Å². The summed E-state index contributed by atoms with van der Waals surface area (Å²) in [6, 6.07) is 5.90. The third kappa shape index (κ3) is 3.81. The fraction of sp³-hybridized carbons (Fsp3) is 0.400. The smallest absolute Gasteiger partial charge is 0.260 e. The topological polar surface area (TPSA) is 71.1 Å². The predicted molar refractivity (Wildman–Crippen MR) is 79.0 cm³/mol. The van der Waals surface area contributed by atoms with Gasteiger partial charge in [-0.25, -0.2) is 4.98 Å². The summed E-state index contributed by atoms with van der Waals surface area (Å²) >= 11 is 0. The van der Waals surface area contributed by atoms with E-state index in [2.05, 4.69) is 15.2 Å². The number of nitrogens with zero attached hydrogens (tertiary/aromatic N) is 3. The average molecular weight is 288 g/mol. The van der Waals surface area contributed by atoms with Crippen LogP contribution in [0.1, 0.15) is 22.8 Å². The van der Waals surface area contributed by atoms with E-state index in [1.807, 2.05) is 39.0 Å². The van der Waals surface area contributed by atoms with Crippen LogP contribution in [0.3, 0.4) is 0 Å². The monoisotopic (exact) mass is 288 g/mol. The number of likely N-dealkylation sites (N-methyl/N-ethyl adjacent to an activating group) is 1. The van der Waals surface area contributed by atoms with Crippen molar-refractivity contribution in [2.75, 3.05) is 13.7 Å². The van der Waals surface area contributed by atoms with Gasteiger partial charge in [-0.1, -0.05) is 18.2 Å². The number of carbonyl (C=O) groups is 1. The molecule has 2 aromatic rings. The minimum Gasteiger partial charge on any atom is -0.483 e. The first-order chi connectivity index (χ1) is 9.97. The molecule has 0 aliphatic carbocycles. The lowest BCUT2D eigenvalue weighted by molar-refractivity contribution is -0.132. The number of ether oxygens (including phenoxy) is 1. The van der Waals surface area contributed by atoms with Crippen molar-refractivity contribution in [1.29, 1.82) is 0 Å². The quantitative estimate of drug-likeness (QED) is 0.910. The Morgan fingerprint density at radius 1 is 1.29 bits per heavy atom. The SMILES string of the molecule is Cc1nc(CN(C)C(=O)COc2c(C)cccc2C)n[nH]1. The van der Waals surface area contributed by atoms with E-state index in [9.17, 15) is 4.79 Å². The second-order valence-electron chi connectivity index (χ2n) is 5.10. The molecule has 0 radical (unpaired) electrons. The van der Waals surface area contributed by atoms with Gasteiger partial charge in [0.1, 0.15) is 11.6 Å². The van der Waals surface area contributed by atoms with E-state index in [-0.39, 0.29) is 12.5 Å². The molecular formula is C15H20N4O2. The number of amides is 1. The van der Waals surface area contributed by atoms with Gasteiger partial charge < -0.3 is 9.64 Å². The molecule has 1 aromatic heterocycles. The number of carbonyl (C=O) groups excluding carboxylic acids is 1. The highest BCUT2D eigenvalue weighted by Crippen LogP contribution is 2.22. The number of hydrogen-bond acceptors (Lipinski definition) is 4. The largest absolute Gasteiger partial charge is 0.483 e. The van der Waals surface area contributed by atoms with Crippen molar-refractivity contribution in [2.45, 2.75) is 27.3 Å². The highest BCUT2D eigenvalue weighted by molar-refractivity contribution is 5.77. The number of para-hydroxylation sites is 1. The van der Waals surface area contributed by atoms with Gasteiger partial charge in [-0.05, 0) is 31.9 Å². The third-order valence-electron chi connectivity index (χ3n) is 3.20. The van der Waals surface area contributed by atoms with Crippen molar-refractivity contribution in [3.63, 3.8) is 0 Å². The van der Waals surface area contributed by atoms with Crippen LogP contribution in [0.5, 0.6) is 5.75 Å². The van der Waals surface area contributed by atoms with E-state index in [1.165, 1.54) is 0 Å². The van der Waals surface area contributed by atoms with Crippen LogP contribution in [0, 0.1) is 20.8 Å². The molecule has 0 saturated carbocycles. The van der Waals surface area contributed by atoms with Gasteiger partial charge in [0.2, 0.25) is 0 Å². The summed E-state index contributed by atoms with van der Waals surface area (Å²) in [6.45, 7) is 6.12. The van der Waals surface area contributed by atoms with E-state index >= 15 is 0 Å². The zero-order chi connectivity index (χ0) is 15.4. The maximum atomic E-state index is 12.1. The summed E-state index contributed by atoms with van der Waals surface area (Å²) in [4.78, 5) is 17.8. The molecule has 1 aromatic carbocycles. The normalized spacial score (nSPS) is 10.5. The minimum atomic E-state index is -0.111. The predicted octanol–water partition coefficient (Wildman–Crippen LogP) is 1.77. The van der Waals surface area contributed by atoms with Gasteiger partial charge in [0.05, 0.1) is 6.54 Å². The molecular weight excluding hydrogens is 268 g/mol. The second-order valence-corrected chi connectivity index (χ2v) is 5.10. The Kier molecular flexibility index (Phi) is 4.57. The first-order valence-corrected chi connectivity index (χ1v) is 6.78. The Hall–Kier alpha value is -2.37. The molecule has 0 fully saturated rings. The van der Waals surface area contributed by atoms with Gasteiger partial charge in [0, 0.05) is 7.05 Å². The summed E-state index contributed by atoms with van der Waals surface area (Å²) < 4.78 is 5.65. The molecule has 0 saturated heterocycles. The second kappa shape index (κ2) is 6.39. The molecule has 0 spiro atoms. The molecule has 2 rings (SSSR count). The molecule has 112 valence electrons. The molecule has 0 aliphatic rings. The van der Waals surface area contributed by atoms with E-state index < -0.39 is 0 Å². The number of nitrogens with one attached hydrogen (secondary N) is 1. The van der Waals surface area contributed by atoms with Crippen LogP contribution >= 0.6 is 0 Å². The van der Waals surface area contributed by atoms with E-state index in [0.717, 1.165) is 22.7 Å². The summed E-state index contributed by atoms with van der Waals surface area (Å²) in [5.74, 6) is 1.99. The number of aromatic nitrogens is 3. The minimum absolute atomic E-state index is 0.00555. The van der Waals surface area contributed by atoms with Crippen molar-refractivity contribution >= 4 is 5.91 Å². The van der Waals surface area contributed by atoms with Gasteiger partial charge >= 0.3 is 0 Å². The number of rotatable bonds is 5. The molecule has 1 amide bonds. The first kappa shape index (κ1) is 15.0. The van der Waals surface area contributed by atoms with Crippen molar-refractivity contribution in [3.8, 4) is 5.75 Å². The van der Waals surface area contributed by atoms with E-state index in [4.69, 9.17) is 4.74 Å². The fourth-order valence-corrected chi connectivity index (χ4v) is 2.03. The van der Waals surface area contributed by atoms with E-state index in [0.29, 0.717) is 12.4 Å². The highest BCUT2D eigenvalue weighted by atomic mass is 16.5. The number of H-pyrrole nitrogens is 1. The summed E-state index contributed by atoms with van der Waals surface area (Å²) in [6.07, 6.45) is 0. The van der Waals surface area contributed by atoms with Crippen molar-refractivity contribution in [2.24, 2.45) is 0 Å². The van der Waals surface area contributed by atoms with Gasteiger partial charge in [0.15, 0.2) is 12.4 Å². The molecule has 1 heterocycles. The van der Waals surface area contributed by atoms with Crippen LogP contribution < -0.4 is 4.74 Å². The number of hydrogen-bond donors (Lipinski definition) is 1. The first-order valence-electron chi connectivity index (χ1n) is 6.78. The van der Waals surface area contributed by atoms with Gasteiger partial charge in [-0.3, -0.25) is 9.89 Å². The van der Waals surface area contributed by atoms with Crippen LogP contribution in [0.25, 0.3) is 0 Å². The lowest BCUT2D eigenvalue weighted by atomic mass is 10.1. The molecule has 0 bridgehead atoms. The Balaban J connectivity index is 1.92. The molecule has 6 nitrogen and oxygen atoms in total. The standard InChI is InChI=1S/C15H20N4O2/c1-10-6-5-7-11(2)15(10)21-9-14(20)19(4)8-13-16-12(3)17-18-13/h5-7H,8-9H2,1-4H3,(H,16,17,18). The highest BCUT2D eigenvalue weighted by Gasteiger charge is 2.13. The Morgan fingerprint density at radius 2 is 1.95 bits per heavy atom. The molecule has 21 heavy (non-hydrogen) atoms. The Morgan fingerprint density at radius 3 is 2.52 bits per heavy atom. The molecule has 0 unspecified atom stereocenters. The zero-order valence-corrected chi connectivity index (χ0v) is 12.8. The number of benzene rings is 1. The van der Waals surface area contributed by atoms with Crippen LogP contribution in [-0.2, 0) is 11.3 Å². The van der Waals surface area contributed by atoms with Crippen LogP contribution in [0.2, 0.25) is 0 Å². The van der Waals surface area contributed by atoms with Crippen LogP contribution in [0.15, 0.2) is 18.2 Å². The van der Waals surface area contributed by atoms with Crippen molar-refractivity contribution in [3.05, 3.63) is 41.0 Å². The summed E-state index contributed by atoms with van der Waals surface area (Å²) in [5.41, 5.74) is 2.05. The maximum Gasteiger partial charge on any atom is 0.260 e. The Labute approximate surface area is 124 Å². The average Bonchev–Trinajstić information content (AvgIpc) is 2.83. The molecule has 0 atom stereocenters. The lowest BCUT2D eigenvalue weighted by Gasteiger charge is -2.17. The number of aromatic amines is 1. The third-order valence-corrected chi connectivity index (χ3v) is 3.20. The fourth-order valence-electron chi connectivity index (χ4n) is 2.03. The summed E-state index contributed by atoms with van der Waals surface area (Å²) in [7, 11) is 1.71. The molecule has 0 aliphatic heterocycles. The molecule has 1 N–H and O–H groups in total. The maximum absolute atomic E-state index is 12.1. The number of aryl methyl sites for hydroxylation is 3. The van der Waals surface area contributed by atoms with Crippen LogP contribution in [-0.4, -0.2) is 39.6 Å². The summed E-state index contributed by atoms with van der Waals surface area (Å²) in [5, 5.41) is 6.77.